The van der Waals surface area contributed by atoms with Crippen molar-refractivity contribution in [2.24, 2.45) is 0 Å². The van der Waals surface area contributed by atoms with Crippen LogP contribution in [0.2, 0.25) is 0 Å². The molecule has 0 aromatic heterocycles. The first-order valence-electron chi connectivity index (χ1n) is 6.52. The fraction of sp³-hybridized carbons (Fsp3) is 0.357. The molecule has 1 aliphatic carbocycles. The first-order valence-corrected chi connectivity index (χ1v) is 6.52. The van der Waals surface area contributed by atoms with Crippen LogP contribution in [-0.4, -0.2) is 35.3 Å². The molecular weight excluding hydrogens is 276 g/mol. The lowest BCUT2D eigenvalue weighted by Crippen LogP contribution is -2.33. The maximum Gasteiger partial charge on any atom is 0.415 e. The number of nitrogens with one attached hydrogen (secondary N) is 1. The second-order valence-electron chi connectivity index (χ2n) is 5.32. The molecule has 7 nitrogen and oxygen atoms in total. The summed E-state index contributed by atoms with van der Waals surface area (Å²) in [5.41, 5.74) is -0.742. The zero-order chi connectivity index (χ0) is 15.2. The molecule has 2 aliphatic rings. The smallest absolute Gasteiger partial charge is 0.415 e. The van der Waals surface area contributed by atoms with Gasteiger partial charge in [0.25, 0.3) is 0 Å². The molecule has 2 fully saturated rings. The monoisotopic (exact) mass is 290 g/mol. The van der Waals surface area contributed by atoms with Crippen molar-refractivity contribution >= 4 is 17.7 Å². The van der Waals surface area contributed by atoms with Crippen LogP contribution in [0.1, 0.15) is 13.3 Å². The third kappa shape index (κ3) is 2.31. The first kappa shape index (κ1) is 13.4. The molecule has 2 amide bonds. The van der Waals surface area contributed by atoms with Gasteiger partial charge >= 0.3 is 6.09 Å². The van der Waals surface area contributed by atoms with E-state index < -0.39 is 17.1 Å². The van der Waals surface area contributed by atoms with Crippen LogP contribution in [0, 0.1) is 0 Å². The highest BCUT2D eigenvalue weighted by Gasteiger charge is 2.64. The molecule has 1 heterocycles. The van der Waals surface area contributed by atoms with Crippen molar-refractivity contribution in [3.8, 4) is 5.75 Å². The van der Waals surface area contributed by atoms with E-state index in [1.54, 1.807) is 0 Å². The van der Waals surface area contributed by atoms with E-state index in [9.17, 15) is 19.5 Å². The summed E-state index contributed by atoms with van der Waals surface area (Å²) in [7, 11) is 0. The highest BCUT2D eigenvalue weighted by atomic mass is 16.6. The molecule has 2 unspecified atom stereocenters. The predicted octanol–water partition coefficient (Wildman–Crippen LogP) is 0.356. The summed E-state index contributed by atoms with van der Waals surface area (Å²) in [6.45, 7) is 1.71. The summed E-state index contributed by atoms with van der Waals surface area (Å²) in [6, 6.07) is 5.20. The minimum atomic E-state index is -0.681. The fourth-order valence-corrected chi connectivity index (χ4v) is 2.52. The van der Waals surface area contributed by atoms with Crippen LogP contribution >= 0.6 is 0 Å². The van der Waals surface area contributed by atoms with Gasteiger partial charge in [-0.2, -0.15) is 0 Å². The number of ether oxygens (including phenoxy) is 1. The molecule has 110 valence electrons. The summed E-state index contributed by atoms with van der Waals surface area (Å²) in [6.07, 6.45) is 0.0484. The highest BCUT2D eigenvalue weighted by molar-refractivity contribution is 5.91. The molecule has 1 aromatic carbocycles. The van der Waals surface area contributed by atoms with E-state index in [4.69, 9.17) is 4.74 Å². The van der Waals surface area contributed by atoms with Crippen LogP contribution in [0.4, 0.5) is 10.5 Å². The number of carbonyl (C=O) groups excluding carboxylic acids is 2. The van der Waals surface area contributed by atoms with Crippen LogP contribution in [0.3, 0.4) is 0 Å². The second-order valence-corrected chi connectivity index (χ2v) is 5.32. The number of nitrogens with zero attached hydrogens (tertiary/aromatic N) is 1. The maximum absolute atomic E-state index is 12.0. The molecular formula is C14H14N2O5. The molecule has 2 N–H and O–H groups in total. The number of rotatable bonds is 2. The summed E-state index contributed by atoms with van der Waals surface area (Å²) in [5.74, 6) is -0.551. The minimum Gasteiger partial charge on any atom is -0.504 e. The van der Waals surface area contributed by atoms with Crippen molar-refractivity contribution in [1.82, 2.24) is 5.32 Å². The van der Waals surface area contributed by atoms with Gasteiger partial charge in [-0.05, 0) is 24.3 Å². The normalized spacial score (nSPS) is 26.6. The van der Waals surface area contributed by atoms with Gasteiger partial charge < -0.3 is 15.2 Å². The van der Waals surface area contributed by atoms with Gasteiger partial charge in [0.15, 0.2) is 11.4 Å². The maximum atomic E-state index is 12.0. The van der Waals surface area contributed by atoms with Gasteiger partial charge in [-0.15, -0.1) is 0 Å². The average molecular weight is 290 g/mol. The topological polar surface area (TPSA) is 95.9 Å². The Hall–Kier alpha value is -2.57. The molecule has 1 saturated carbocycles. The largest absolute Gasteiger partial charge is 0.504 e. The molecule has 0 bridgehead atoms. The molecule has 1 aliphatic heterocycles. The van der Waals surface area contributed by atoms with Gasteiger partial charge in [0.2, 0.25) is 11.3 Å². The van der Waals surface area contributed by atoms with Crippen LogP contribution < -0.4 is 15.6 Å². The molecule has 21 heavy (non-hydrogen) atoms. The van der Waals surface area contributed by atoms with Crippen molar-refractivity contribution in [1.29, 1.82) is 0 Å². The SMILES string of the molecule is CC(=O)NC1CC12CN(c1ccc(O)c(=O)cc1)C(=O)O2. The van der Waals surface area contributed by atoms with Crippen LogP contribution in [0.25, 0.3) is 0 Å². The number of anilines is 1. The standard InChI is InChI=1S/C14H14N2O5/c1-8(17)15-12-6-14(12)7-16(13(20)21-14)9-2-4-10(18)11(19)5-3-9/h2-5,12H,6-7H2,1H3,(H,15,17)(H,18,19). The van der Waals surface area contributed by atoms with Crippen molar-refractivity contribution in [2.45, 2.75) is 25.0 Å². The Morgan fingerprint density at radius 3 is 2.81 bits per heavy atom. The van der Waals surface area contributed by atoms with E-state index in [-0.39, 0.29) is 17.7 Å². The van der Waals surface area contributed by atoms with Crippen molar-refractivity contribution < 1.29 is 19.4 Å². The van der Waals surface area contributed by atoms with Crippen molar-refractivity contribution in [2.75, 3.05) is 11.4 Å². The number of hydrogen-bond acceptors (Lipinski definition) is 5. The van der Waals surface area contributed by atoms with Gasteiger partial charge in [-0.25, -0.2) is 4.79 Å². The lowest BCUT2D eigenvalue weighted by Gasteiger charge is -2.11. The number of carbonyl (C=O) groups is 2. The zero-order valence-electron chi connectivity index (χ0n) is 11.3. The van der Waals surface area contributed by atoms with E-state index in [0.717, 1.165) is 0 Å². The molecule has 1 saturated heterocycles. The predicted molar refractivity (Wildman–Crippen MR) is 73.2 cm³/mol. The van der Waals surface area contributed by atoms with Gasteiger partial charge in [0.1, 0.15) is 0 Å². The Kier molecular flexibility index (Phi) is 2.86. The van der Waals surface area contributed by atoms with Gasteiger partial charge in [-0.3, -0.25) is 14.5 Å². The van der Waals surface area contributed by atoms with Crippen LogP contribution in [0.15, 0.2) is 29.1 Å². The van der Waals surface area contributed by atoms with Crippen LogP contribution in [-0.2, 0) is 9.53 Å². The molecule has 2 atom stereocenters. The van der Waals surface area contributed by atoms with Crippen LogP contribution in [0.5, 0.6) is 5.75 Å². The summed E-state index contributed by atoms with van der Waals surface area (Å²) in [5, 5.41) is 12.1. The Morgan fingerprint density at radius 2 is 2.10 bits per heavy atom. The first-order chi connectivity index (χ1) is 9.91. The van der Waals surface area contributed by atoms with Gasteiger partial charge in [0.05, 0.1) is 12.6 Å². The van der Waals surface area contributed by atoms with E-state index >= 15 is 0 Å². The Morgan fingerprint density at radius 1 is 1.38 bits per heavy atom. The number of hydrogen-bond donors (Lipinski definition) is 2. The molecule has 3 rings (SSSR count). The lowest BCUT2D eigenvalue weighted by molar-refractivity contribution is -0.119. The summed E-state index contributed by atoms with van der Waals surface area (Å²) >= 11 is 0. The Labute approximate surface area is 120 Å². The molecule has 0 radical (unpaired) electrons. The zero-order valence-corrected chi connectivity index (χ0v) is 11.3. The van der Waals surface area contributed by atoms with E-state index in [2.05, 4.69) is 5.32 Å². The third-order valence-corrected chi connectivity index (χ3v) is 3.72. The highest BCUT2D eigenvalue weighted by Crippen LogP contribution is 2.46. The van der Waals surface area contributed by atoms with Gasteiger partial charge in [0, 0.05) is 19.0 Å². The molecule has 1 spiro atoms. The fourth-order valence-electron chi connectivity index (χ4n) is 2.52. The average Bonchev–Trinajstić information content (AvgIpc) is 2.98. The van der Waals surface area contributed by atoms with Crippen molar-refractivity contribution in [3.63, 3.8) is 0 Å². The lowest BCUT2D eigenvalue weighted by atomic mass is 10.3. The van der Waals surface area contributed by atoms with Crippen molar-refractivity contribution in [3.05, 3.63) is 34.5 Å². The molecule has 1 aromatic rings. The molecule has 7 heteroatoms. The minimum absolute atomic E-state index is 0.168. The second kappa shape index (κ2) is 4.47. The van der Waals surface area contributed by atoms with E-state index in [1.165, 1.54) is 36.1 Å². The summed E-state index contributed by atoms with van der Waals surface area (Å²) < 4.78 is 5.36. The van der Waals surface area contributed by atoms with E-state index in [1.807, 2.05) is 0 Å². The number of amides is 2. The quantitative estimate of drug-likeness (QED) is 0.819. The number of aromatic hydroxyl groups is 1. The third-order valence-electron chi connectivity index (χ3n) is 3.72. The Bertz CT molecular complexity index is 689. The summed E-state index contributed by atoms with van der Waals surface area (Å²) in [4.78, 5) is 35.8. The Balaban J connectivity index is 1.82. The van der Waals surface area contributed by atoms with E-state index in [0.29, 0.717) is 18.7 Å². The van der Waals surface area contributed by atoms with Gasteiger partial charge in [-0.1, -0.05) is 0 Å².